The predicted molar refractivity (Wildman–Crippen MR) is 79.2 cm³/mol. The van der Waals surface area contributed by atoms with Gasteiger partial charge in [-0.15, -0.1) is 0 Å². The summed E-state index contributed by atoms with van der Waals surface area (Å²) in [5, 5.41) is 2.60. The zero-order valence-corrected chi connectivity index (χ0v) is 13.8. The van der Waals surface area contributed by atoms with Crippen molar-refractivity contribution in [3.05, 3.63) is 22.7 Å². The van der Waals surface area contributed by atoms with Gasteiger partial charge < -0.3 is 10.1 Å². The summed E-state index contributed by atoms with van der Waals surface area (Å²) < 4.78 is 31.8. The number of carbonyl (C=O) groups excluding carboxylic acids is 1. The number of halogens is 1. The Bertz CT molecular complexity index is 587. The third-order valence-electron chi connectivity index (χ3n) is 2.31. The van der Waals surface area contributed by atoms with Crippen molar-refractivity contribution < 1.29 is 17.9 Å². The van der Waals surface area contributed by atoms with Crippen LogP contribution in [0.15, 0.2) is 27.6 Å². The van der Waals surface area contributed by atoms with E-state index in [1.807, 2.05) is 0 Å². The van der Waals surface area contributed by atoms with E-state index >= 15 is 0 Å². The van der Waals surface area contributed by atoms with Crippen LogP contribution in [0.1, 0.15) is 13.8 Å². The van der Waals surface area contributed by atoms with Crippen LogP contribution in [0.5, 0.6) is 5.75 Å². The largest absolute Gasteiger partial charge is 0.496 e. The quantitative estimate of drug-likeness (QED) is 0.795. The molecule has 0 atom stereocenters. The predicted octanol–water partition coefficient (Wildman–Crippen LogP) is 1.26. The van der Waals surface area contributed by atoms with Crippen LogP contribution in [0.4, 0.5) is 0 Å². The van der Waals surface area contributed by atoms with E-state index in [9.17, 15) is 13.2 Å². The van der Waals surface area contributed by atoms with Crippen molar-refractivity contribution in [1.82, 2.24) is 10.0 Å². The normalized spacial score (nSPS) is 11.4. The highest BCUT2D eigenvalue weighted by molar-refractivity contribution is 9.10. The first-order chi connectivity index (χ1) is 9.26. The van der Waals surface area contributed by atoms with Crippen molar-refractivity contribution in [3.8, 4) is 5.75 Å². The molecule has 0 radical (unpaired) electrons. The molecule has 20 heavy (non-hydrogen) atoms. The Labute approximate surface area is 127 Å². The third-order valence-corrected chi connectivity index (χ3v) is 4.32. The van der Waals surface area contributed by atoms with Crippen LogP contribution in [0, 0.1) is 0 Å². The summed E-state index contributed by atoms with van der Waals surface area (Å²) in [4.78, 5) is 11.5. The Balaban J connectivity index is 2.79. The maximum absolute atomic E-state index is 12.0. The molecule has 0 spiro atoms. The van der Waals surface area contributed by atoms with E-state index in [1.54, 1.807) is 13.8 Å². The van der Waals surface area contributed by atoms with Crippen molar-refractivity contribution in [2.45, 2.75) is 24.8 Å². The van der Waals surface area contributed by atoms with Crippen LogP contribution < -0.4 is 14.8 Å². The molecule has 2 N–H and O–H groups in total. The van der Waals surface area contributed by atoms with Crippen molar-refractivity contribution in [1.29, 1.82) is 0 Å². The molecule has 8 heteroatoms. The van der Waals surface area contributed by atoms with E-state index in [0.29, 0.717) is 10.2 Å². The number of nitrogens with one attached hydrogen (secondary N) is 2. The van der Waals surface area contributed by atoms with Gasteiger partial charge in [0.2, 0.25) is 15.9 Å². The van der Waals surface area contributed by atoms with Gasteiger partial charge in [-0.2, -0.15) is 0 Å². The van der Waals surface area contributed by atoms with Crippen LogP contribution in [-0.4, -0.2) is 34.0 Å². The molecule has 1 amide bonds. The molecule has 0 aliphatic carbocycles. The maximum atomic E-state index is 12.0. The summed E-state index contributed by atoms with van der Waals surface area (Å²) >= 11 is 3.22. The van der Waals surface area contributed by atoms with Gasteiger partial charge in [0, 0.05) is 6.04 Å². The van der Waals surface area contributed by atoms with Crippen LogP contribution in [0.3, 0.4) is 0 Å². The molecule has 1 rings (SSSR count). The number of sulfonamides is 1. The lowest BCUT2D eigenvalue weighted by molar-refractivity contribution is -0.120. The minimum absolute atomic E-state index is 0.0397. The molecular weight excluding hydrogens is 348 g/mol. The summed E-state index contributed by atoms with van der Waals surface area (Å²) in [6, 6.07) is 4.32. The molecule has 6 nitrogen and oxygen atoms in total. The Hall–Kier alpha value is -1.12. The monoisotopic (exact) mass is 364 g/mol. The molecule has 0 aromatic heterocycles. The number of methoxy groups -OCH3 is 1. The second kappa shape index (κ2) is 7.05. The second-order valence-corrected chi connectivity index (χ2v) is 6.96. The zero-order valence-electron chi connectivity index (χ0n) is 11.4. The molecule has 112 valence electrons. The van der Waals surface area contributed by atoms with Gasteiger partial charge in [-0.25, -0.2) is 13.1 Å². The lowest BCUT2D eigenvalue weighted by atomic mass is 10.3. The van der Waals surface area contributed by atoms with Crippen LogP contribution in [0.2, 0.25) is 0 Å². The molecule has 1 aromatic carbocycles. The van der Waals surface area contributed by atoms with E-state index in [-0.39, 0.29) is 23.4 Å². The van der Waals surface area contributed by atoms with Crippen molar-refractivity contribution in [2.24, 2.45) is 0 Å². The Morgan fingerprint density at radius 2 is 2.05 bits per heavy atom. The average molecular weight is 365 g/mol. The molecular formula is C12H17BrN2O4S. The van der Waals surface area contributed by atoms with Gasteiger partial charge in [0.05, 0.1) is 23.0 Å². The Morgan fingerprint density at radius 1 is 1.40 bits per heavy atom. The molecule has 0 saturated carbocycles. The topological polar surface area (TPSA) is 84.5 Å². The fraction of sp³-hybridized carbons (Fsp3) is 0.417. The van der Waals surface area contributed by atoms with Crippen molar-refractivity contribution >= 4 is 31.9 Å². The third kappa shape index (κ3) is 4.77. The van der Waals surface area contributed by atoms with E-state index in [4.69, 9.17) is 4.74 Å². The van der Waals surface area contributed by atoms with E-state index < -0.39 is 10.0 Å². The highest BCUT2D eigenvalue weighted by Gasteiger charge is 2.17. The summed E-state index contributed by atoms with van der Waals surface area (Å²) in [6.45, 7) is 3.30. The number of hydrogen-bond donors (Lipinski definition) is 2. The standard InChI is InChI=1S/C12H17BrN2O4S/c1-8(2)15-12(16)7-14-20(17,18)9-4-5-11(19-3)10(13)6-9/h4-6,8,14H,7H2,1-3H3,(H,15,16). The number of hydrogen-bond acceptors (Lipinski definition) is 4. The molecule has 0 fully saturated rings. The average Bonchev–Trinajstić information content (AvgIpc) is 2.35. The number of amides is 1. The summed E-state index contributed by atoms with van der Waals surface area (Å²) in [7, 11) is -2.25. The Morgan fingerprint density at radius 3 is 2.55 bits per heavy atom. The minimum Gasteiger partial charge on any atom is -0.496 e. The van der Waals surface area contributed by atoms with Gasteiger partial charge in [0.15, 0.2) is 0 Å². The summed E-state index contributed by atoms with van der Waals surface area (Å²) in [5.41, 5.74) is 0. The van der Waals surface area contributed by atoms with E-state index in [1.165, 1.54) is 25.3 Å². The van der Waals surface area contributed by atoms with Gasteiger partial charge in [-0.05, 0) is 48.0 Å². The van der Waals surface area contributed by atoms with Gasteiger partial charge in [-0.1, -0.05) is 0 Å². The van der Waals surface area contributed by atoms with Crippen LogP contribution >= 0.6 is 15.9 Å². The number of ether oxygens (including phenoxy) is 1. The molecule has 0 aliphatic rings. The SMILES string of the molecule is COc1ccc(S(=O)(=O)NCC(=O)NC(C)C)cc1Br. The van der Waals surface area contributed by atoms with E-state index in [2.05, 4.69) is 26.0 Å². The van der Waals surface area contributed by atoms with Crippen LogP contribution in [0.25, 0.3) is 0 Å². The molecule has 0 heterocycles. The summed E-state index contributed by atoms with van der Waals surface area (Å²) in [6.07, 6.45) is 0. The van der Waals surface area contributed by atoms with Crippen molar-refractivity contribution in [2.75, 3.05) is 13.7 Å². The first-order valence-corrected chi connectivity index (χ1v) is 8.16. The smallest absolute Gasteiger partial charge is 0.241 e. The lowest BCUT2D eigenvalue weighted by Crippen LogP contribution is -2.39. The van der Waals surface area contributed by atoms with Gasteiger partial charge >= 0.3 is 0 Å². The lowest BCUT2D eigenvalue weighted by Gasteiger charge is -2.11. The fourth-order valence-corrected chi connectivity index (χ4v) is 3.13. The highest BCUT2D eigenvalue weighted by Crippen LogP contribution is 2.27. The number of rotatable bonds is 6. The Kier molecular flexibility index (Phi) is 5.97. The second-order valence-electron chi connectivity index (χ2n) is 4.34. The van der Waals surface area contributed by atoms with Gasteiger partial charge in [-0.3, -0.25) is 4.79 Å². The highest BCUT2D eigenvalue weighted by atomic mass is 79.9. The first kappa shape index (κ1) is 16.9. The summed E-state index contributed by atoms with van der Waals surface area (Å²) in [5.74, 6) is 0.151. The van der Waals surface area contributed by atoms with E-state index in [0.717, 1.165) is 0 Å². The van der Waals surface area contributed by atoms with Gasteiger partial charge in [0.1, 0.15) is 5.75 Å². The number of carbonyl (C=O) groups is 1. The fourth-order valence-electron chi connectivity index (χ4n) is 1.43. The number of benzene rings is 1. The zero-order chi connectivity index (χ0) is 15.3. The molecule has 0 aliphatic heterocycles. The van der Waals surface area contributed by atoms with Gasteiger partial charge in [0.25, 0.3) is 0 Å². The first-order valence-electron chi connectivity index (χ1n) is 5.89. The maximum Gasteiger partial charge on any atom is 0.241 e. The van der Waals surface area contributed by atoms with Crippen LogP contribution in [-0.2, 0) is 14.8 Å². The molecule has 0 bridgehead atoms. The minimum atomic E-state index is -3.74. The molecule has 1 aromatic rings. The van der Waals surface area contributed by atoms with Crippen molar-refractivity contribution in [3.63, 3.8) is 0 Å². The molecule has 0 saturated heterocycles. The molecule has 0 unspecified atom stereocenters.